The lowest BCUT2D eigenvalue weighted by Gasteiger charge is -2.27. The Kier molecular flexibility index (Phi) is 14.7. The molecular formula is C31H43N5O6S. The molecule has 0 aliphatic rings. The van der Waals surface area contributed by atoms with Gasteiger partial charge in [0.05, 0.1) is 6.04 Å². The summed E-state index contributed by atoms with van der Waals surface area (Å²) >= 11 is 1.46. The van der Waals surface area contributed by atoms with Gasteiger partial charge in [0.1, 0.15) is 24.2 Å². The van der Waals surface area contributed by atoms with E-state index in [1.54, 1.807) is 38.1 Å². The Bertz CT molecular complexity index is 1210. The smallest absolute Gasteiger partial charge is 0.326 e. The van der Waals surface area contributed by atoms with E-state index in [9.17, 15) is 29.1 Å². The Balaban J connectivity index is 2.14. The van der Waals surface area contributed by atoms with E-state index in [1.165, 1.54) is 18.7 Å². The average Bonchev–Trinajstić information content (AvgIpc) is 2.97. The molecule has 2 aromatic rings. The molecule has 2 rings (SSSR count). The average molecular weight is 614 g/mol. The molecule has 234 valence electrons. The summed E-state index contributed by atoms with van der Waals surface area (Å²) in [6.07, 6.45) is 2.47. The molecule has 0 aliphatic carbocycles. The summed E-state index contributed by atoms with van der Waals surface area (Å²) in [5.41, 5.74) is 7.77. The van der Waals surface area contributed by atoms with Crippen molar-refractivity contribution >= 4 is 41.4 Å². The third-order valence-electron chi connectivity index (χ3n) is 6.78. The molecule has 0 saturated heterocycles. The molecule has 0 bridgehead atoms. The molecule has 4 amide bonds. The van der Waals surface area contributed by atoms with E-state index in [1.807, 2.05) is 42.7 Å². The van der Waals surface area contributed by atoms with Crippen LogP contribution >= 0.6 is 11.8 Å². The molecule has 0 aromatic heterocycles. The monoisotopic (exact) mass is 613 g/mol. The van der Waals surface area contributed by atoms with E-state index >= 15 is 0 Å². The van der Waals surface area contributed by atoms with Crippen LogP contribution in [0.1, 0.15) is 38.3 Å². The SMILES string of the molecule is CSCC[C@H](NC(=O)[C@H](C)NC(=O)[C@H](Cc1ccccc1)NC(=O)[C@@H](NC(=O)[C@@H](N)Cc1ccccc1)C(C)C)C(=O)O. The minimum absolute atomic E-state index is 0.116. The summed E-state index contributed by atoms with van der Waals surface area (Å²) in [5, 5.41) is 19.9. The van der Waals surface area contributed by atoms with Crippen LogP contribution in [0.25, 0.3) is 0 Å². The highest BCUT2D eigenvalue weighted by Crippen LogP contribution is 2.09. The Hall–Kier alpha value is -3.90. The second-order valence-corrected chi connectivity index (χ2v) is 11.7. The highest BCUT2D eigenvalue weighted by Gasteiger charge is 2.32. The maximum absolute atomic E-state index is 13.5. The molecule has 2 aromatic carbocycles. The third kappa shape index (κ3) is 12.1. The minimum Gasteiger partial charge on any atom is -0.480 e. The van der Waals surface area contributed by atoms with Crippen molar-refractivity contribution in [1.29, 1.82) is 0 Å². The predicted molar refractivity (Wildman–Crippen MR) is 167 cm³/mol. The number of carbonyl (C=O) groups excluding carboxylic acids is 4. The highest BCUT2D eigenvalue weighted by atomic mass is 32.2. The lowest BCUT2D eigenvalue weighted by Crippen LogP contribution is -2.59. The molecule has 5 atom stereocenters. The highest BCUT2D eigenvalue weighted by molar-refractivity contribution is 7.98. The van der Waals surface area contributed by atoms with Gasteiger partial charge in [-0.15, -0.1) is 0 Å². The Morgan fingerprint density at radius 1 is 0.721 bits per heavy atom. The number of hydrogen-bond acceptors (Lipinski definition) is 7. The number of nitrogens with one attached hydrogen (secondary N) is 4. The zero-order chi connectivity index (χ0) is 31.9. The van der Waals surface area contributed by atoms with Gasteiger partial charge in [0.2, 0.25) is 23.6 Å². The van der Waals surface area contributed by atoms with E-state index in [0.29, 0.717) is 5.75 Å². The maximum Gasteiger partial charge on any atom is 0.326 e. The number of aliphatic carboxylic acids is 1. The molecule has 0 radical (unpaired) electrons. The van der Waals surface area contributed by atoms with E-state index in [2.05, 4.69) is 21.3 Å². The van der Waals surface area contributed by atoms with Crippen molar-refractivity contribution in [2.45, 2.75) is 70.2 Å². The van der Waals surface area contributed by atoms with Crippen LogP contribution in [-0.4, -0.2) is 76.9 Å². The summed E-state index contributed by atoms with van der Waals surface area (Å²) in [5.74, 6) is -3.33. The predicted octanol–water partition coefficient (Wildman–Crippen LogP) is 1.25. The van der Waals surface area contributed by atoms with E-state index in [4.69, 9.17) is 5.73 Å². The van der Waals surface area contributed by atoms with Crippen LogP contribution in [0.4, 0.5) is 0 Å². The van der Waals surface area contributed by atoms with Crippen LogP contribution in [0, 0.1) is 5.92 Å². The second kappa shape index (κ2) is 17.9. The first kappa shape index (κ1) is 35.3. The number of amides is 4. The fraction of sp³-hybridized carbons (Fsp3) is 0.452. The van der Waals surface area contributed by atoms with E-state index in [-0.39, 0.29) is 25.2 Å². The second-order valence-electron chi connectivity index (χ2n) is 10.7. The van der Waals surface area contributed by atoms with Gasteiger partial charge >= 0.3 is 5.97 Å². The number of carboxylic acid groups (broad SMARTS) is 1. The van der Waals surface area contributed by atoms with Crippen LogP contribution in [0.5, 0.6) is 0 Å². The summed E-state index contributed by atoms with van der Waals surface area (Å²) in [7, 11) is 0. The van der Waals surface area contributed by atoms with Crippen molar-refractivity contribution in [2.24, 2.45) is 11.7 Å². The Labute approximate surface area is 257 Å². The van der Waals surface area contributed by atoms with Gasteiger partial charge < -0.3 is 32.1 Å². The van der Waals surface area contributed by atoms with Crippen LogP contribution in [-0.2, 0) is 36.8 Å². The van der Waals surface area contributed by atoms with E-state index in [0.717, 1.165) is 11.1 Å². The van der Waals surface area contributed by atoms with Crippen LogP contribution in [0.3, 0.4) is 0 Å². The van der Waals surface area contributed by atoms with Gasteiger partial charge in [-0.2, -0.15) is 11.8 Å². The van der Waals surface area contributed by atoms with Gasteiger partial charge in [0.15, 0.2) is 0 Å². The lowest BCUT2D eigenvalue weighted by molar-refractivity contribution is -0.142. The molecule has 7 N–H and O–H groups in total. The molecule has 0 spiro atoms. The van der Waals surface area contributed by atoms with E-state index < -0.39 is 59.8 Å². The van der Waals surface area contributed by atoms with Crippen molar-refractivity contribution in [3.63, 3.8) is 0 Å². The van der Waals surface area contributed by atoms with Crippen LogP contribution in [0.2, 0.25) is 0 Å². The molecule has 0 saturated carbocycles. The molecule has 0 fully saturated rings. The quantitative estimate of drug-likeness (QED) is 0.154. The zero-order valence-corrected chi connectivity index (χ0v) is 25.9. The van der Waals surface area contributed by atoms with Gasteiger partial charge in [-0.05, 0) is 48.8 Å². The van der Waals surface area contributed by atoms with Crippen molar-refractivity contribution in [3.05, 3.63) is 71.8 Å². The fourth-order valence-corrected chi connectivity index (χ4v) is 4.72. The van der Waals surface area contributed by atoms with Crippen molar-refractivity contribution < 1.29 is 29.1 Å². The zero-order valence-electron chi connectivity index (χ0n) is 25.0. The van der Waals surface area contributed by atoms with Gasteiger partial charge in [-0.1, -0.05) is 74.5 Å². The normalized spacial score (nSPS) is 14.5. The number of hydrogen-bond donors (Lipinski definition) is 6. The maximum atomic E-state index is 13.5. The fourth-order valence-electron chi connectivity index (χ4n) is 4.25. The molecule has 0 heterocycles. The van der Waals surface area contributed by atoms with Crippen LogP contribution in [0.15, 0.2) is 60.7 Å². The Morgan fingerprint density at radius 3 is 1.77 bits per heavy atom. The van der Waals surface area contributed by atoms with Gasteiger partial charge in [-0.25, -0.2) is 4.79 Å². The van der Waals surface area contributed by atoms with Gasteiger partial charge in [-0.3, -0.25) is 19.2 Å². The van der Waals surface area contributed by atoms with Crippen molar-refractivity contribution in [3.8, 4) is 0 Å². The first-order chi connectivity index (χ1) is 20.4. The summed E-state index contributed by atoms with van der Waals surface area (Å²) in [6.45, 7) is 4.97. The molecule has 43 heavy (non-hydrogen) atoms. The first-order valence-corrected chi connectivity index (χ1v) is 15.6. The molecular weight excluding hydrogens is 570 g/mol. The first-order valence-electron chi connectivity index (χ1n) is 14.2. The topological polar surface area (TPSA) is 180 Å². The number of thioether (sulfide) groups is 1. The Morgan fingerprint density at radius 2 is 1.26 bits per heavy atom. The van der Waals surface area contributed by atoms with Gasteiger partial charge in [0, 0.05) is 6.42 Å². The van der Waals surface area contributed by atoms with Crippen molar-refractivity contribution in [1.82, 2.24) is 21.3 Å². The molecule has 11 nitrogen and oxygen atoms in total. The largest absolute Gasteiger partial charge is 0.480 e. The summed E-state index contributed by atoms with van der Waals surface area (Å²) in [6, 6.07) is 13.2. The lowest BCUT2D eigenvalue weighted by atomic mass is 9.99. The number of benzene rings is 2. The minimum atomic E-state index is -1.17. The summed E-state index contributed by atoms with van der Waals surface area (Å²) < 4.78 is 0. The number of nitrogens with two attached hydrogens (primary N) is 1. The summed E-state index contributed by atoms with van der Waals surface area (Å²) in [4.78, 5) is 64.0. The van der Waals surface area contributed by atoms with Crippen LogP contribution < -0.4 is 27.0 Å². The number of carboxylic acids is 1. The molecule has 0 unspecified atom stereocenters. The number of rotatable bonds is 17. The standard InChI is InChI=1S/C31H43N5O6S/c1-19(2)26(36-28(38)23(32)17-21-11-7-5-8-12-21)30(40)35-25(18-22-13-9-6-10-14-22)29(39)33-20(3)27(37)34-24(31(41)42)15-16-43-4/h5-14,19-20,23-26H,15-18,32H2,1-4H3,(H,33,39)(H,34,37)(H,35,40)(H,36,38)(H,41,42)/t20-,23-,24-,25-,26-/m0/s1. The molecule has 12 heteroatoms. The number of carbonyl (C=O) groups is 5. The van der Waals surface area contributed by atoms with Crippen molar-refractivity contribution in [2.75, 3.05) is 12.0 Å². The van der Waals surface area contributed by atoms with Gasteiger partial charge in [0.25, 0.3) is 0 Å². The molecule has 0 aliphatic heterocycles. The third-order valence-corrected chi connectivity index (χ3v) is 7.42.